The molecule has 25 heavy (non-hydrogen) atoms. The minimum Gasteiger partial charge on any atom is -0.493 e. The first kappa shape index (κ1) is 21.1. The van der Waals surface area contributed by atoms with Gasteiger partial charge in [0.1, 0.15) is 6.54 Å². The second kappa shape index (κ2) is 10.1. The first-order chi connectivity index (χ1) is 11.8. The van der Waals surface area contributed by atoms with Crippen LogP contribution in [0.25, 0.3) is 0 Å². The van der Waals surface area contributed by atoms with Crippen molar-refractivity contribution in [2.75, 3.05) is 40.5 Å². The molecule has 1 aromatic carbocycles. The highest BCUT2D eigenvalue weighted by Crippen LogP contribution is 2.37. The number of methoxy groups -OCH3 is 2. The molecule has 1 amide bonds. The topological polar surface area (TPSA) is 85.3 Å². The maximum Gasteiger partial charge on any atom is 0.323 e. The van der Waals surface area contributed by atoms with E-state index in [9.17, 15) is 9.59 Å². The van der Waals surface area contributed by atoms with Gasteiger partial charge in [-0.15, -0.1) is 0 Å². The van der Waals surface area contributed by atoms with Crippen molar-refractivity contribution in [3.8, 4) is 11.5 Å². The Hall–Kier alpha value is -1.99. The van der Waals surface area contributed by atoms with Crippen LogP contribution in [-0.4, -0.2) is 62.4 Å². The summed E-state index contributed by atoms with van der Waals surface area (Å²) in [5.74, 6) is -0.619. The fraction of sp³-hybridized carbons (Fsp3) is 0.529. The van der Waals surface area contributed by atoms with Gasteiger partial charge >= 0.3 is 5.97 Å². The van der Waals surface area contributed by atoms with E-state index in [1.54, 1.807) is 0 Å². The Morgan fingerprint density at radius 3 is 2.48 bits per heavy atom. The Morgan fingerprint density at radius 1 is 1.28 bits per heavy atom. The Kier molecular flexibility index (Phi) is 8.51. The molecule has 1 aromatic rings. The predicted octanol–water partition coefficient (Wildman–Crippen LogP) is 2.56. The van der Waals surface area contributed by atoms with Crippen LogP contribution in [0.15, 0.2) is 12.1 Å². The largest absolute Gasteiger partial charge is 0.493 e. The van der Waals surface area contributed by atoms with Crippen LogP contribution in [0.1, 0.15) is 24.2 Å². The fourth-order valence-corrected chi connectivity index (χ4v) is 2.30. The summed E-state index contributed by atoms with van der Waals surface area (Å²) in [5, 5.41) is 9.22. The molecule has 8 heteroatoms. The van der Waals surface area contributed by atoms with Crippen LogP contribution in [0.3, 0.4) is 0 Å². The number of benzene rings is 1. The molecule has 0 aliphatic rings. The molecule has 0 saturated heterocycles. The molecule has 1 N–H and O–H groups in total. The number of carboxylic acid groups (broad SMARTS) is 1. The molecule has 0 aliphatic heterocycles. The van der Waals surface area contributed by atoms with Crippen molar-refractivity contribution < 1.29 is 28.9 Å². The van der Waals surface area contributed by atoms with Gasteiger partial charge in [0.15, 0.2) is 11.5 Å². The Morgan fingerprint density at radius 2 is 1.96 bits per heavy atom. The number of hydrogen-bond acceptors (Lipinski definition) is 5. The monoisotopic (exact) mass is 373 g/mol. The number of amides is 1. The summed E-state index contributed by atoms with van der Waals surface area (Å²) in [4.78, 5) is 24.8. The minimum absolute atomic E-state index is 0.146. The van der Waals surface area contributed by atoms with E-state index >= 15 is 0 Å². The van der Waals surface area contributed by atoms with Gasteiger partial charge in [0.2, 0.25) is 0 Å². The van der Waals surface area contributed by atoms with Gasteiger partial charge in [0, 0.05) is 19.2 Å². The van der Waals surface area contributed by atoms with Crippen LogP contribution < -0.4 is 9.47 Å². The summed E-state index contributed by atoms with van der Waals surface area (Å²) in [6.45, 7) is 4.37. The number of carboxylic acids is 1. The predicted molar refractivity (Wildman–Crippen MR) is 93.8 cm³/mol. The van der Waals surface area contributed by atoms with E-state index in [0.29, 0.717) is 24.0 Å². The summed E-state index contributed by atoms with van der Waals surface area (Å²) < 4.78 is 15.8. The zero-order valence-electron chi connectivity index (χ0n) is 14.9. The molecule has 0 spiro atoms. The number of hydrogen-bond donors (Lipinski definition) is 1. The summed E-state index contributed by atoms with van der Waals surface area (Å²) in [6, 6.07) is 2.94. The molecular formula is C17H24ClNO6. The van der Waals surface area contributed by atoms with Crippen molar-refractivity contribution in [3.05, 3.63) is 22.7 Å². The summed E-state index contributed by atoms with van der Waals surface area (Å²) in [6.07, 6.45) is 0. The molecule has 140 valence electrons. The van der Waals surface area contributed by atoms with Crippen molar-refractivity contribution in [1.29, 1.82) is 0 Å². The van der Waals surface area contributed by atoms with E-state index in [0.717, 1.165) is 0 Å². The van der Waals surface area contributed by atoms with E-state index in [4.69, 9.17) is 30.9 Å². The number of nitrogens with zero attached hydrogens (tertiary/aromatic N) is 1. The average Bonchev–Trinajstić information content (AvgIpc) is 2.55. The van der Waals surface area contributed by atoms with Crippen LogP contribution in [0.4, 0.5) is 0 Å². The van der Waals surface area contributed by atoms with E-state index in [2.05, 4.69) is 0 Å². The Bertz CT molecular complexity index is 605. The number of carbonyl (C=O) groups is 2. The zero-order chi connectivity index (χ0) is 19.0. The molecule has 1 rings (SSSR count). The van der Waals surface area contributed by atoms with Gasteiger partial charge in [-0.2, -0.15) is 0 Å². The van der Waals surface area contributed by atoms with Gasteiger partial charge < -0.3 is 24.2 Å². The van der Waals surface area contributed by atoms with E-state index in [1.165, 1.54) is 31.3 Å². The molecule has 0 saturated carbocycles. The minimum atomic E-state index is -1.11. The first-order valence-electron chi connectivity index (χ1n) is 7.80. The molecule has 0 aliphatic carbocycles. The quantitative estimate of drug-likeness (QED) is 0.678. The van der Waals surface area contributed by atoms with Crippen molar-refractivity contribution >= 4 is 23.5 Å². The highest BCUT2D eigenvalue weighted by molar-refractivity contribution is 6.32. The van der Waals surface area contributed by atoms with Crippen molar-refractivity contribution in [1.82, 2.24) is 4.90 Å². The number of rotatable bonds is 10. The zero-order valence-corrected chi connectivity index (χ0v) is 15.6. The van der Waals surface area contributed by atoms with Gasteiger partial charge in [-0.3, -0.25) is 9.59 Å². The molecule has 0 fully saturated rings. The number of aliphatic carboxylic acids is 1. The van der Waals surface area contributed by atoms with Crippen LogP contribution in [0.2, 0.25) is 5.02 Å². The number of ether oxygens (including phenoxy) is 3. The molecule has 0 radical (unpaired) electrons. The maximum atomic E-state index is 12.6. The molecular weight excluding hydrogens is 350 g/mol. The van der Waals surface area contributed by atoms with E-state index < -0.39 is 18.4 Å². The van der Waals surface area contributed by atoms with Crippen LogP contribution in [0.5, 0.6) is 11.5 Å². The highest BCUT2D eigenvalue weighted by atomic mass is 35.5. The Balaban J connectivity index is 3.11. The molecule has 0 bridgehead atoms. The second-order valence-electron chi connectivity index (χ2n) is 5.81. The smallest absolute Gasteiger partial charge is 0.323 e. The van der Waals surface area contributed by atoms with Gasteiger partial charge in [-0.05, 0) is 18.1 Å². The van der Waals surface area contributed by atoms with Crippen molar-refractivity contribution in [2.45, 2.75) is 13.8 Å². The number of halogens is 1. The molecule has 0 atom stereocenters. The summed E-state index contributed by atoms with van der Waals surface area (Å²) in [5.41, 5.74) is 0.219. The van der Waals surface area contributed by atoms with Gasteiger partial charge in [-0.1, -0.05) is 25.4 Å². The highest BCUT2D eigenvalue weighted by Gasteiger charge is 2.22. The lowest BCUT2D eigenvalue weighted by atomic mass is 10.1. The van der Waals surface area contributed by atoms with Crippen LogP contribution in [-0.2, 0) is 9.53 Å². The standard InChI is InChI=1S/C17H24ClNO6/c1-11(2)10-25-16-13(18)7-12(8-14(16)24-4)17(22)19(5-6-23-3)9-15(20)21/h7-8,11H,5-6,9-10H2,1-4H3,(H,20,21). The van der Waals surface area contributed by atoms with Crippen LogP contribution >= 0.6 is 11.6 Å². The normalized spacial score (nSPS) is 10.6. The fourth-order valence-electron chi connectivity index (χ4n) is 2.03. The summed E-state index contributed by atoms with van der Waals surface area (Å²) >= 11 is 6.24. The third-order valence-electron chi connectivity index (χ3n) is 3.22. The SMILES string of the molecule is COCCN(CC(=O)O)C(=O)c1cc(Cl)c(OCC(C)C)c(OC)c1. The molecule has 0 heterocycles. The second-order valence-corrected chi connectivity index (χ2v) is 6.21. The Labute approximate surface area is 152 Å². The van der Waals surface area contributed by atoms with E-state index in [-0.39, 0.29) is 23.7 Å². The van der Waals surface area contributed by atoms with Crippen molar-refractivity contribution in [3.63, 3.8) is 0 Å². The lowest BCUT2D eigenvalue weighted by Crippen LogP contribution is -2.38. The lowest BCUT2D eigenvalue weighted by Gasteiger charge is -2.21. The van der Waals surface area contributed by atoms with E-state index in [1.807, 2.05) is 13.8 Å². The van der Waals surface area contributed by atoms with Crippen molar-refractivity contribution in [2.24, 2.45) is 5.92 Å². The third-order valence-corrected chi connectivity index (χ3v) is 3.50. The lowest BCUT2D eigenvalue weighted by molar-refractivity contribution is -0.137. The van der Waals surface area contributed by atoms with Crippen LogP contribution in [0, 0.1) is 5.92 Å². The molecule has 7 nitrogen and oxygen atoms in total. The summed E-state index contributed by atoms with van der Waals surface area (Å²) in [7, 11) is 2.92. The molecule has 0 unspecified atom stereocenters. The van der Waals surface area contributed by atoms with Gasteiger partial charge in [-0.25, -0.2) is 0 Å². The molecule has 0 aromatic heterocycles. The van der Waals surface area contributed by atoms with Gasteiger partial charge in [0.25, 0.3) is 5.91 Å². The number of carbonyl (C=O) groups excluding carboxylic acids is 1. The third kappa shape index (κ3) is 6.43. The van der Waals surface area contributed by atoms with Gasteiger partial charge in [0.05, 0.1) is 25.3 Å². The first-order valence-corrected chi connectivity index (χ1v) is 8.18. The average molecular weight is 374 g/mol. The maximum absolute atomic E-state index is 12.6.